The molecule has 9 heteroatoms. The second kappa shape index (κ2) is 10.8. The van der Waals surface area contributed by atoms with E-state index in [4.69, 9.17) is 9.72 Å². The number of methoxy groups -OCH3 is 1. The predicted octanol–water partition coefficient (Wildman–Crippen LogP) is 3.31. The van der Waals surface area contributed by atoms with Crippen LogP contribution in [0.25, 0.3) is 22.2 Å². The van der Waals surface area contributed by atoms with Gasteiger partial charge in [-0.05, 0) is 48.2 Å². The number of piperazine rings is 1. The van der Waals surface area contributed by atoms with E-state index < -0.39 is 0 Å². The van der Waals surface area contributed by atoms with Crippen molar-refractivity contribution in [3.63, 3.8) is 0 Å². The molecule has 3 aromatic heterocycles. The number of hydrogen-bond acceptors (Lipinski definition) is 8. The largest absolute Gasteiger partial charge is 0.480 e. The fraction of sp³-hybridized carbons (Fsp3) is 0.333. The quantitative estimate of drug-likeness (QED) is 0.392. The van der Waals surface area contributed by atoms with Gasteiger partial charge < -0.3 is 24.8 Å². The second-order valence-electron chi connectivity index (χ2n) is 8.92. The Morgan fingerprint density at radius 2 is 1.78 bits per heavy atom. The number of ether oxygens (including phenoxy) is 1. The third-order valence-electron chi connectivity index (χ3n) is 6.68. The molecular weight excluding hydrogens is 454 g/mol. The van der Waals surface area contributed by atoms with Crippen LogP contribution in [0.5, 0.6) is 5.88 Å². The zero-order valence-electron chi connectivity index (χ0n) is 20.7. The van der Waals surface area contributed by atoms with Gasteiger partial charge in [-0.3, -0.25) is 9.78 Å². The highest BCUT2D eigenvalue weighted by molar-refractivity contribution is 5.94. The predicted molar refractivity (Wildman–Crippen MR) is 142 cm³/mol. The number of likely N-dealkylation sites (N-methyl/N-ethyl adjacent to an activating group) is 1. The Labute approximate surface area is 210 Å². The molecule has 0 amide bonds. The summed E-state index contributed by atoms with van der Waals surface area (Å²) in [6.07, 6.45) is 5.81. The molecular formula is C27H31N7O2. The first-order valence-corrected chi connectivity index (χ1v) is 12.3. The van der Waals surface area contributed by atoms with Crippen molar-refractivity contribution in [1.29, 1.82) is 0 Å². The number of fused-ring (bicyclic) bond motifs is 1. The minimum Gasteiger partial charge on any atom is -0.480 e. The molecule has 186 valence electrons. The molecule has 0 radical (unpaired) electrons. The Morgan fingerprint density at radius 3 is 2.53 bits per heavy atom. The van der Waals surface area contributed by atoms with Crippen molar-refractivity contribution in [2.24, 2.45) is 0 Å². The summed E-state index contributed by atoms with van der Waals surface area (Å²) in [7, 11) is 1.55. The van der Waals surface area contributed by atoms with Crippen molar-refractivity contribution in [2.45, 2.75) is 13.3 Å². The first-order chi connectivity index (χ1) is 17.6. The molecule has 36 heavy (non-hydrogen) atoms. The first kappa shape index (κ1) is 23.9. The second-order valence-corrected chi connectivity index (χ2v) is 8.92. The molecule has 0 aliphatic carbocycles. The van der Waals surface area contributed by atoms with Crippen molar-refractivity contribution in [1.82, 2.24) is 29.7 Å². The molecule has 1 aliphatic heterocycles. The van der Waals surface area contributed by atoms with Gasteiger partial charge in [0.2, 0.25) is 5.88 Å². The number of aromatic nitrogens is 4. The lowest BCUT2D eigenvalue weighted by atomic mass is 10.1. The van der Waals surface area contributed by atoms with Crippen LogP contribution in [0.4, 0.5) is 11.5 Å². The zero-order valence-corrected chi connectivity index (χ0v) is 20.7. The number of anilines is 2. The highest BCUT2D eigenvalue weighted by Crippen LogP contribution is 2.27. The maximum atomic E-state index is 12.7. The lowest BCUT2D eigenvalue weighted by molar-refractivity contribution is 0.138. The number of aromatic amines is 1. The first-order valence-electron chi connectivity index (χ1n) is 12.3. The van der Waals surface area contributed by atoms with Crippen molar-refractivity contribution < 1.29 is 4.74 Å². The monoisotopic (exact) mass is 485 g/mol. The Balaban J connectivity index is 1.35. The van der Waals surface area contributed by atoms with Gasteiger partial charge in [-0.2, -0.15) is 0 Å². The van der Waals surface area contributed by atoms with E-state index in [1.165, 1.54) is 5.56 Å². The normalized spacial score (nSPS) is 14.7. The average molecular weight is 486 g/mol. The molecule has 1 aliphatic rings. The van der Waals surface area contributed by atoms with Gasteiger partial charge >= 0.3 is 0 Å². The summed E-state index contributed by atoms with van der Waals surface area (Å²) in [6.45, 7) is 9.00. The molecule has 9 nitrogen and oxygen atoms in total. The van der Waals surface area contributed by atoms with Gasteiger partial charge in [0.25, 0.3) is 5.56 Å². The fourth-order valence-electron chi connectivity index (χ4n) is 4.51. The third kappa shape index (κ3) is 5.37. The van der Waals surface area contributed by atoms with E-state index in [-0.39, 0.29) is 5.56 Å². The van der Waals surface area contributed by atoms with Gasteiger partial charge in [-0.15, -0.1) is 0 Å². The fourth-order valence-corrected chi connectivity index (χ4v) is 4.51. The minimum absolute atomic E-state index is 0.203. The maximum absolute atomic E-state index is 12.7. The molecule has 0 unspecified atom stereocenters. The van der Waals surface area contributed by atoms with E-state index in [2.05, 4.69) is 49.1 Å². The summed E-state index contributed by atoms with van der Waals surface area (Å²) in [4.78, 5) is 33.8. The molecule has 2 N–H and O–H groups in total. The van der Waals surface area contributed by atoms with Gasteiger partial charge in [0, 0.05) is 44.6 Å². The summed E-state index contributed by atoms with van der Waals surface area (Å²) in [5, 5.41) is 4.60. The van der Waals surface area contributed by atoms with Gasteiger partial charge in [0.15, 0.2) is 0 Å². The molecule has 5 rings (SSSR count). The summed E-state index contributed by atoms with van der Waals surface area (Å²) in [6, 6.07) is 12.0. The molecule has 0 spiro atoms. The summed E-state index contributed by atoms with van der Waals surface area (Å²) >= 11 is 0. The molecule has 4 aromatic rings. The number of nitrogens with one attached hydrogen (secondary N) is 2. The standard InChI is InChI=1S/C27H31N7O2/c1-3-33-12-14-34(15-13-33)11-9-19-4-6-21(7-5-19)30-26-25-20(8-10-29-27(25)35)16-22(32-26)23-17-28-18-24(31-23)36-2/h4-8,10,16-18H,3,9,11-15H2,1-2H3,(H,29,35)(H,30,32). The van der Waals surface area contributed by atoms with Crippen LogP contribution in [0.1, 0.15) is 12.5 Å². The number of rotatable bonds is 8. The maximum Gasteiger partial charge on any atom is 0.259 e. The highest BCUT2D eigenvalue weighted by Gasteiger charge is 2.15. The highest BCUT2D eigenvalue weighted by atomic mass is 16.5. The zero-order chi connectivity index (χ0) is 24.9. The van der Waals surface area contributed by atoms with Crippen LogP contribution in [-0.2, 0) is 6.42 Å². The molecule has 0 saturated carbocycles. The van der Waals surface area contributed by atoms with Gasteiger partial charge in [-0.1, -0.05) is 19.1 Å². The summed E-state index contributed by atoms with van der Waals surface area (Å²) < 4.78 is 5.21. The van der Waals surface area contributed by atoms with Crippen LogP contribution in [0.3, 0.4) is 0 Å². The number of H-pyrrole nitrogens is 1. The van der Waals surface area contributed by atoms with Crippen LogP contribution in [0, 0.1) is 0 Å². The topological polar surface area (TPSA) is 99.3 Å². The van der Waals surface area contributed by atoms with Crippen molar-refractivity contribution >= 4 is 22.3 Å². The molecule has 1 saturated heterocycles. The SMILES string of the molecule is CCN1CCN(CCc2ccc(Nc3nc(-c4cncc(OC)n4)cc4cc[nH]c(=O)c34)cc2)CC1. The number of benzene rings is 1. The lowest BCUT2D eigenvalue weighted by Crippen LogP contribution is -2.46. The van der Waals surface area contributed by atoms with Crippen LogP contribution in [0.15, 0.2) is 59.8 Å². The number of nitrogens with zero attached hydrogens (tertiary/aromatic N) is 5. The smallest absolute Gasteiger partial charge is 0.259 e. The Bertz CT molecular complexity index is 1380. The van der Waals surface area contributed by atoms with Gasteiger partial charge in [0.05, 0.1) is 30.6 Å². The van der Waals surface area contributed by atoms with Crippen molar-refractivity contribution in [3.05, 3.63) is 70.9 Å². The molecule has 0 bridgehead atoms. The van der Waals surface area contributed by atoms with Crippen LogP contribution in [0.2, 0.25) is 0 Å². The molecule has 1 fully saturated rings. The third-order valence-corrected chi connectivity index (χ3v) is 6.68. The van der Waals surface area contributed by atoms with Crippen LogP contribution < -0.4 is 15.6 Å². The summed E-state index contributed by atoms with van der Waals surface area (Å²) in [5.74, 6) is 0.869. The van der Waals surface area contributed by atoms with Gasteiger partial charge in [-0.25, -0.2) is 9.97 Å². The minimum atomic E-state index is -0.203. The summed E-state index contributed by atoms with van der Waals surface area (Å²) in [5.41, 5.74) is 3.11. The van der Waals surface area contributed by atoms with E-state index in [0.717, 1.165) is 56.8 Å². The molecule has 0 atom stereocenters. The molecule has 4 heterocycles. The van der Waals surface area contributed by atoms with E-state index in [1.807, 2.05) is 24.3 Å². The van der Waals surface area contributed by atoms with E-state index >= 15 is 0 Å². The molecule has 1 aromatic carbocycles. The van der Waals surface area contributed by atoms with Crippen LogP contribution >= 0.6 is 0 Å². The number of hydrogen-bond donors (Lipinski definition) is 2. The van der Waals surface area contributed by atoms with Crippen molar-refractivity contribution in [3.8, 4) is 17.3 Å². The van der Waals surface area contributed by atoms with E-state index in [1.54, 1.807) is 25.7 Å². The van der Waals surface area contributed by atoms with Crippen LogP contribution in [-0.4, -0.2) is 76.1 Å². The Kier molecular flexibility index (Phi) is 7.20. The average Bonchev–Trinajstić information content (AvgIpc) is 2.93. The van der Waals surface area contributed by atoms with E-state index in [0.29, 0.717) is 28.5 Å². The number of pyridine rings is 2. The lowest BCUT2D eigenvalue weighted by Gasteiger charge is -2.34. The van der Waals surface area contributed by atoms with E-state index in [9.17, 15) is 4.79 Å². The Hall–Kier alpha value is -3.82. The Morgan fingerprint density at radius 1 is 1.00 bits per heavy atom. The van der Waals surface area contributed by atoms with Crippen molar-refractivity contribution in [2.75, 3.05) is 51.7 Å². The van der Waals surface area contributed by atoms with Gasteiger partial charge in [0.1, 0.15) is 11.5 Å².